The summed E-state index contributed by atoms with van der Waals surface area (Å²) in [6.45, 7) is 6.74. The van der Waals surface area contributed by atoms with E-state index in [2.05, 4.69) is 29.2 Å². The van der Waals surface area contributed by atoms with E-state index in [4.69, 9.17) is 0 Å². The van der Waals surface area contributed by atoms with Crippen LogP contribution < -0.4 is 5.32 Å². The van der Waals surface area contributed by atoms with Gasteiger partial charge in [0.1, 0.15) is 0 Å². The van der Waals surface area contributed by atoms with E-state index in [9.17, 15) is 4.79 Å². The van der Waals surface area contributed by atoms with Crippen LogP contribution >= 0.6 is 0 Å². The van der Waals surface area contributed by atoms with Gasteiger partial charge < -0.3 is 10.2 Å². The lowest BCUT2D eigenvalue weighted by Crippen LogP contribution is -2.58. The van der Waals surface area contributed by atoms with Gasteiger partial charge in [-0.25, -0.2) is 0 Å². The van der Waals surface area contributed by atoms with Gasteiger partial charge in [-0.1, -0.05) is 13.8 Å². The standard InChI is InChI=1S/C14H24N4O/c1-3-12-11-18(13(4-2)10-15-12)14(19)6-9-17-8-5-7-16-17/h5,7-8,12-13,15H,3-4,6,9-11H2,1-2H3. The first-order valence-electron chi connectivity index (χ1n) is 7.24. The van der Waals surface area contributed by atoms with Gasteiger partial charge in [0.2, 0.25) is 5.91 Å². The fraction of sp³-hybridized carbons (Fsp3) is 0.714. The van der Waals surface area contributed by atoms with Crippen molar-refractivity contribution in [2.24, 2.45) is 0 Å². The summed E-state index contributed by atoms with van der Waals surface area (Å²) in [6, 6.07) is 2.67. The van der Waals surface area contributed by atoms with Crippen molar-refractivity contribution < 1.29 is 4.79 Å². The number of nitrogens with one attached hydrogen (secondary N) is 1. The van der Waals surface area contributed by atoms with Crippen molar-refractivity contribution in [3.63, 3.8) is 0 Å². The molecule has 1 aliphatic heterocycles. The maximum atomic E-state index is 12.4. The molecule has 0 bridgehead atoms. The van der Waals surface area contributed by atoms with Crippen LogP contribution in [0.5, 0.6) is 0 Å². The number of aryl methyl sites for hydroxylation is 1. The summed E-state index contributed by atoms with van der Waals surface area (Å²) in [6.07, 6.45) is 6.26. The number of aromatic nitrogens is 2. The molecule has 0 aromatic carbocycles. The smallest absolute Gasteiger partial charge is 0.224 e. The summed E-state index contributed by atoms with van der Waals surface area (Å²) in [5.74, 6) is 0.252. The Morgan fingerprint density at radius 3 is 2.89 bits per heavy atom. The Hall–Kier alpha value is -1.36. The average Bonchev–Trinajstić information content (AvgIpc) is 2.97. The molecule has 1 aromatic heterocycles. The summed E-state index contributed by atoms with van der Waals surface area (Å²) in [7, 11) is 0. The van der Waals surface area contributed by atoms with Gasteiger partial charge in [-0.05, 0) is 18.9 Å². The number of carbonyl (C=O) groups is 1. The van der Waals surface area contributed by atoms with Crippen LogP contribution in [0, 0.1) is 0 Å². The maximum absolute atomic E-state index is 12.4. The minimum atomic E-state index is 0.252. The largest absolute Gasteiger partial charge is 0.337 e. The quantitative estimate of drug-likeness (QED) is 0.871. The SMILES string of the molecule is CCC1CN(C(=O)CCn2cccn2)C(CC)CN1. The molecule has 1 aromatic rings. The number of rotatable bonds is 5. The number of piperazine rings is 1. The molecule has 1 N–H and O–H groups in total. The molecule has 0 aliphatic carbocycles. The van der Waals surface area contributed by atoms with Gasteiger partial charge in [-0.2, -0.15) is 5.10 Å². The molecule has 0 spiro atoms. The molecule has 5 heteroatoms. The third-order valence-corrected chi connectivity index (χ3v) is 3.90. The highest BCUT2D eigenvalue weighted by Gasteiger charge is 2.28. The fourth-order valence-corrected chi connectivity index (χ4v) is 2.59. The Morgan fingerprint density at radius 2 is 2.26 bits per heavy atom. The van der Waals surface area contributed by atoms with Crippen molar-refractivity contribution in [2.45, 2.75) is 51.7 Å². The Bertz CT molecular complexity index is 390. The molecule has 19 heavy (non-hydrogen) atoms. The van der Waals surface area contributed by atoms with Crippen molar-refractivity contribution in [3.8, 4) is 0 Å². The molecule has 2 atom stereocenters. The van der Waals surface area contributed by atoms with Crippen LogP contribution in [-0.4, -0.2) is 45.8 Å². The van der Waals surface area contributed by atoms with Gasteiger partial charge in [-0.15, -0.1) is 0 Å². The van der Waals surface area contributed by atoms with Crippen LogP contribution in [0.3, 0.4) is 0 Å². The molecule has 1 aliphatic rings. The average molecular weight is 264 g/mol. The van der Waals surface area contributed by atoms with Crippen LogP contribution in [0.15, 0.2) is 18.5 Å². The minimum absolute atomic E-state index is 0.252. The molecule has 0 radical (unpaired) electrons. The monoisotopic (exact) mass is 264 g/mol. The Labute approximate surface area is 115 Å². The Morgan fingerprint density at radius 1 is 1.42 bits per heavy atom. The van der Waals surface area contributed by atoms with E-state index in [0.29, 0.717) is 25.0 Å². The molecule has 2 heterocycles. The molecule has 2 unspecified atom stereocenters. The van der Waals surface area contributed by atoms with E-state index in [0.717, 1.165) is 25.9 Å². The van der Waals surface area contributed by atoms with Crippen LogP contribution in [0.2, 0.25) is 0 Å². The molecule has 1 saturated heterocycles. The summed E-state index contributed by atoms with van der Waals surface area (Å²) in [4.78, 5) is 14.4. The van der Waals surface area contributed by atoms with Crippen molar-refractivity contribution in [1.29, 1.82) is 0 Å². The number of carbonyl (C=O) groups excluding carboxylic acids is 1. The molecule has 1 amide bonds. The molecule has 2 rings (SSSR count). The van der Waals surface area contributed by atoms with Crippen LogP contribution in [0.1, 0.15) is 33.1 Å². The summed E-state index contributed by atoms with van der Waals surface area (Å²) >= 11 is 0. The zero-order valence-corrected chi connectivity index (χ0v) is 11.9. The molecule has 106 valence electrons. The van der Waals surface area contributed by atoms with Crippen molar-refractivity contribution in [2.75, 3.05) is 13.1 Å². The van der Waals surface area contributed by atoms with Gasteiger partial charge in [-0.3, -0.25) is 9.48 Å². The third kappa shape index (κ3) is 3.56. The number of hydrogen-bond donors (Lipinski definition) is 1. The predicted octanol–water partition coefficient (Wildman–Crippen LogP) is 1.26. The predicted molar refractivity (Wildman–Crippen MR) is 74.7 cm³/mol. The topological polar surface area (TPSA) is 50.2 Å². The van der Waals surface area contributed by atoms with Crippen molar-refractivity contribution >= 4 is 5.91 Å². The minimum Gasteiger partial charge on any atom is -0.337 e. The van der Waals surface area contributed by atoms with E-state index < -0.39 is 0 Å². The second-order valence-electron chi connectivity index (χ2n) is 5.14. The lowest BCUT2D eigenvalue weighted by molar-refractivity contribution is -0.135. The first-order chi connectivity index (χ1) is 9.24. The third-order valence-electron chi connectivity index (χ3n) is 3.90. The summed E-state index contributed by atoms with van der Waals surface area (Å²) in [5.41, 5.74) is 0. The fourth-order valence-electron chi connectivity index (χ4n) is 2.59. The van der Waals surface area contributed by atoms with E-state index in [1.54, 1.807) is 6.20 Å². The van der Waals surface area contributed by atoms with Crippen LogP contribution in [0.4, 0.5) is 0 Å². The van der Waals surface area contributed by atoms with Crippen molar-refractivity contribution in [1.82, 2.24) is 20.0 Å². The van der Waals surface area contributed by atoms with Gasteiger partial charge >= 0.3 is 0 Å². The van der Waals surface area contributed by atoms with E-state index in [-0.39, 0.29) is 5.91 Å². The molecular weight excluding hydrogens is 240 g/mol. The second kappa shape index (κ2) is 6.70. The zero-order chi connectivity index (χ0) is 13.7. The Kier molecular flexibility index (Phi) is 4.96. The first kappa shape index (κ1) is 14.1. The van der Waals surface area contributed by atoms with Crippen LogP contribution in [-0.2, 0) is 11.3 Å². The van der Waals surface area contributed by atoms with Gasteiger partial charge in [0.05, 0.1) is 0 Å². The molecular formula is C14H24N4O. The molecule has 5 nitrogen and oxygen atoms in total. The number of nitrogens with zero attached hydrogens (tertiary/aromatic N) is 3. The zero-order valence-electron chi connectivity index (χ0n) is 11.9. The number of amides is 1. The highest BCUT2D eigenvalue weighted by molar-refractivity contribution is 5.76. The lowest BCUT2D eigenvalue weighted by atomic mass is 10.0. The highest BCUT2D eigenvalue weighted by atomic mass is 16.2. The second-order valence-corrected chi connectivity index (χ2v) is 5.14. The summed E-state index contributed by atoms with van der Waals surface area (Å²) in [5, 5.41) is 7.65. The van der Waals surface area contributed by atoms with Crippen LogP contribution in [0.25, 0.3) is 0 Å². The van der Waals surface area contributed by atoms with E-state index >= 15 is 0 Å². The lowest BCUT2D eigenvalue weighted by Gasteiger charge is -2.40. The highest BCUT2D eigenvalue weighted by Crippen LogP contribution is 2.13. The Balaban J connectivity index is 1.90. The van der Waals surface area contributed by atoms with Crippen molar-refractivity contribution in [3.05, 3.63) is 18.5 Å². The van der Waals surface area contributed by atoms with Gasteiger partial charge in [0.25, 0.3) is 0 Å². The molecule has 0 saturated carbocycles. The van der Waals surface area contributed by atoms with Gasteiger partial charge in [0.15, 0.2) is 0 Å². The van der Waals surface area contributed by atoms with Gasteiger partial charge in [0, 0.05) is 50.5 Å². The van der Waals surface area contributed by atoms with E-state index in [1.165, 1.54) is 0 Å². The number of hydrogen-bond acceptors (Lipinski definition) is 3. The first-order valence-corrected chi connectivity index (χ1v) is 7.24. The maximum Gasteiger partial charge on any atom is 0.224 e. The van der Waals surface area contributed by atoms with E-state index in [1.807, 2.05) is 16.9 Å². The molecule has 1 fully saturated rings. The normalized spacial score (nSPS) is 23.6. The summed E-state index contributed by atoms with van der Waals surface area (Å²) < 4.78 is 1.82.